The van der Waals surface area contributed by atoms with E-state index in [1.54, 1.807) is 0 Å². The van der Waals surface area contributed by atoms with Crippen molar-refractivity contribution in [3.05, 3.63) is 0 Å². The van der Waals surface area contributed by atoms with Crippen molar-refractivity contribution in [3.63, 3.8) is 0 Å². The Bertz CT molecular complexity index is 157. The van der Waals surface area contributed by atoms with Gasteiger partial charge in [-0.25, -0.2) is 0 Å². The molecule has 0 radical (unpaired) electrons. The Labute approximate surface area is 80.9 Å². The Morgan fingerprint density at radius 3 is 2.38 bits per heavy atom. The Morgan fingerprint density at radius 2 is 1.85 bits per heavy atom. The van der Waals surface area contributed by atoms with Crippen molar-refractivity contribution in [2.75, 3.05) is 13.1 Å². The van der Waals surface area contributed by atoms with Crippen LogP contribution in [0, 0.1) is 5.92 Å². The van der Waals surface area contributed by atoms with Crippen LogP contribution in [0.25, 0.3) is 0 Å². The van der Waals surface area contributed by atoms with E-state index in [1.807, 2.05) is 0 Å². The van der Waals surface area contributed by atoms with Crippen LogP contribution in [0.3, 0.4) is 0 Å². The van der Waals surface area contributed by atoms with Gasteiger partial charge in [-0.15, -0.1) is 0 Å². The van der Waals surface area contributed by atoms with Crippen LogP contribution < -0.4 is 0 Å². The zero-order valence-corrected chi connectivity index (χ0v) is 8.58. The zero-order valence-electron chi connectivity index (χ0n) is 8.58. The first-order chi connectivity index (χ1) is 6.29. The van der Waals surface area contributed by atoms with Crippen LogP contribution in [0.5, 0.6) is 0 Å². The lowest BCUT2D eigenvalue weighted by Crippen LogP contribution is -2.48. The van der Waals surface area contributed by atoms with Crippen LogP contribution >= 0.6 is 0 Å². The predicted molar refractivity (Wildman–Crippen MR) is 53.6 cm³/mol. The van der Waals surface area contributed by atoms with E-state index in [9.17, 15) is 5.11 Å². The molecule has 1 heterocycles. The van der Waals surface area contributed by atoms with E-state index in [2.05, 4.69) is 11.8 Å². The third-order valence-electron chi connectivity index (χ3n) is 3.80. The predicted octanol–water partition coefficient (Wildman–Crippen LogP) is 1.63. The molecule has 0 aromatic carbocycles. The summed E-state index contributed by atoms with van der Waals surface area (Å²) in [5, 5.41) is 9.37. The number of aliphatic hydroxyl groups is 1. The van der Waals surface area contributed by atoms with Crippen molar-refractivity contribution >= 4 is 0 Å². The molecule has 0 aromatic heterocycles. The van der Waals surface area contributed by atoms with Crippen molar-refractivity contribution < 1.29 is 5.11 Å². The lowest BCUT2D eigenvalue weighted by Gasteiger charge is -2.45. The lowest BCUT2D eigenvalue weighted by molar-refractivity contribution is 0.0170. The van der Waals surface area contributed by atoms with Crippen LogP contribution in [0.4, 0.5) is 0 Å². The molecule has 0 amide bonds. The minimum atomic E-state index is -0.0155. The Morgan fingerprint density at radius 1 is 1.23 bits per heavy atom. The number of hydrogen-bond donors (Lipinski definition) is 1. The third-order valence-corrected chi connectivity index (χ3v) is 3.80. The molecule has 2 rings (SSSR count). The molecule has 2 heteroatoms. The average molecular weight is 183 g/mol. The largest absolute Gasteiger partial charge is 0.393 e. The van der Waals surface area contributed by atoms with Crippen LogP contribution in [-0.2, 0) is 0 Å². The minimum absolute atomic E-state index is 0.0155. The van der Waals surface area contributed by atoms with Gasteiger partial charge in [-0.05, 0) is 31.6 Å². The van der Waals surface area contributed by atoms with Gasteiger partial charge in [0.15, 0.2) is 0 Å². The number of hydrogen-bond acceptors (Lipinski definition) is 2. The molecular weight excluding hydrogens is 162 g/mol. The second kappa shape index (κ2) is 3.97. The molecule has 1 N–H and O–H groups in total. The Hall–Kier alpha value is -0.0800. The summed E-state index contributed by atoms with van der Waals surface area (Å²) in [6, 6.07) is 0.859. The summed E-state index contributed by atoms with van der Waals surface area (Å²) < 4.78 is 0. The number of likely N-dealkylation sites (tertiary alicyclic amines) is 1. The maximum atomic E-state index is 9.37. The number of aliphatic hydroxyl groups excluding tert-OH is 1. The van der Waals surface area contributed by atoms with Gasteiger partial charge >= 0.3 is 0 Å². The van der Waals surface area contributed by atoms with Gasteiger partial charge < -0.3 is 10.0 Å². The summed E-state index contributed by atoms with van der Waals surface area (Å²) in [6.07, 6.45) is 6.14. The van der Waals surface area contributed by atoms with Gasteiger partial charge in [-0.1, -0.05) is 13.3 Å². The zero-order chi connectivity index (χ0) is 9.26. The molecule has 0 aromatic rings. The van der Waals surface area contributed by atoms with Crippen molar-refractivity contribution in [2.45, 2.75) is 51.2 Å². The van der Waals surface area contributed by atoms with Crippen molar-refractivity contribution in [1.82, 2.24) is 4.90 Å². The highest BCUT2D eigenvalue weighted by Crippen LogP contribution is 2.35. The summed E-state index contributed by atoms with van der Waals surface area (Å²) in [5.41, 5.74) is 0. The number of rotatable bonds is 2. The fourth-order valence-electron chi connectivity index (χ4n) is 2.58. The van der Waals surface area contributed by atoms with E-state index in [1.165, 1.54) is 19.3 Å². The highest BCUT2D eigenvalue weighted by atomic mass is 16.3. The molecule has 2 aliphatic rings. The molecule has 0 bridgehead atoms. The topological polar surface area (TPSA) is 23.5 Å². The molecular formula is C11H21NO. The maximum Gasteiger partial charge on any atom is 0.0564 e. The highest BCUT2D eigenvalue weighted by Gasteiger charge is 2.33. The van der Waals surface area contributed by atoms with E-state index in [0.29, 0.717) is 0 Å². The van der Waals surface area contributed by atoms with Crippen molar-refractivity contribution in [1.29, 1.82) is 0 Å². The monoisotopic (exact) mass is 183 g/mol. The first-order valence-corrected chi connectivity index (χ1v) is 5.71. The summed E-state index contributed by atoms with van der Waals surface area (Å²) in [6.45, 7) is 4.55. The van der Waals surface area contributed by atoms with Gasteiger partial charge in [-0.2, -0.15) is 0 Å². The second-order valence-electron chi connectivity index (χ2n) is 4.67. The van der Waals surface area contributed by atoms with Crippen LogP contribution in [0.1, 0.15) is 39.0 Å². The SMILES string of the molecule is CCC1CC(N2CCC(O)CC2)C1. The van der Waals surface area contributed by atoms with Crippen LogP contribution in [0.2, 0.25) is 0 Å². The van der Waals surface area contributed by atoms with Gasteiger partial charge in [0.1, 0.15) is 0 Å². The molecule has 2 nitrogen and oxygen atoms in total. The molecule has 1 saturated carbocycles. The van der Waals surface area contributed by atoms with Gasteiger partial charge in [-0.3, -0.25) is 0 Å². The summed E-state index contributed by atoms with van der Waals surface area (Å²) >= 11 is 0. The molecule has 0 atom stereocenters. The first-order valence-electron chi connectivity index (χ1n) is 5.71. The summed E-state index contributed by atoms with van der Waals surface area (Å²) in [5.74, 6) is 0.997. The molecule has 1 saturated heterocycles. The fourth-order valence-corrected chi connectivity index (χ4v) is 2.58. The highest BCUT2D eigenvalue weighted by molar-refractivity contribution is 4.88. The molecule has 1 aliphatic carbocycles. The van der Waals surface area contributed by atoms with Crippen LogP contribution in [-0.4, -0.2) is 35.2 Å². The summed E-state index contributed by atoms with van der Waals surface area (Å²) in [7, 11) is 0. The smallest absolute Gasteiger partial charge is 0.0564 e. The second-order valence-corrected chi connectivity index (χ2v) is 4.67. The van der Waals surface area contributed by atoms with Gasteiger partial charge in [0.25, 0.3) is 0 Å². The quantitative estimate of drug-likeness (QED) is 0.703. The van der Waals surface area contributed by atoms with E-state index in [4.69, 9.17) is 0 Å². The van der Waals surface area contributed by atoms with Crippen molar-refractivity contribution in [2.24, 2.45) is 5.92 Å². The average Bonchev–Trinajstić information content (AvgIpc) is 2.06. The molecule has 76 valence electrons. The lowest BCUT2D eigenvalue weighted by atomic mass is 9.77. The summed E-state index contributed by atoms with van der Waals surface area (Å²) in [4.78, 5) is 2.58. The third kappa shape index (κ3) is 2.05. The molecule has 0 unspecified atom stereocenters. The van der Waals surface area contributed by atoms with Gasteiger partial charge in [0, 0.05) is 19.1 Å². The molecule has 13 heavy (non-hydrogen) atoms. The molecule has 2 fully saturated rings. The van der Waals surface area contributed by atoms with Gasteiger partial charge in [0.05, 0.1) is 6.10 Å². The van der Waals surface area contributed by atoms with E-state index in [-0.39, 0.29) is 6.10 Å². The standard InChI is InChI=1S/C11H21NO/c1-2-9-7-10(8-9)12-5-3-11(13)4-6-12/h9-11,13H,2-8H2,1H3. The van der Waals surface area contributed by atoms with Gasteiger partial charge in [0.2, 0.25) is 0 Å². The number of nitrogens with zero attached hydrogens (tertiary/aromatic N) is 1. The van der Waals surface area contributed by atoms with Crippen molar-refractivity contribution in [3.8, 4) is 0 Å². The van der Waals surface area contributed by atoms with E-state index >= 15 is 0 Å². The Kier molecular flexibility index (Phi) is 2.89. The first kappa shape index (κ1) is 9.47. The normalized spacial score (nSPS) is 37.4. The molecule has 0 spiro atoms. The fraction of sp³-hybridized carbons (Fsp3) is 1.00. The molecule has 1 aliphatic heterocycles. The number of piperidine rings is 1. The Balaban J connectivity index is 1.71. The minimum Gasteiger partial charge on any atom is -0.393 e. The van der Waals surface area contributed by atoms with Crippen LogP contribution in [0.15, 0.2) is 0 Å². The maximum absolute atomic E-state index is 9.37. The van der Waals surface area contributed by atoms with E-state index in [0.717, 1.165) is 37.9 Å². The van der Waals surface area contributed by atoms with E-state index < -0.39 is 0 Å².